The number of imidazole rings is 1. The lowest BCUT2D eigenvalue weighted by molar-refractivity contribution is -0.234. The third-order valence-corrected chi connectivity index (χ3v) is 7.89. The van der Waals surface area contributed by atoms with Gasteiger partial charge in [-0.3, -0.25) is 4.79 Å². The number of likely N-dealkylation sites (tertiary alicyclic amines) is 1. The fraction of sp³-hybridized carbons (Fsp3) is 0.375. The molecule has 9 nitrogen and oxygen atoms in total. The number of carbonyl (C=O) groups excluding carboxylic acids is 1. The molecule has 2 N–H and O–H groups in total. The van der Waals surface area contributed by atoms with E-state index in [0.29, 0.717) is 34.4 Å². The molecule has 2 aromatic heterocycles. The Kier molecular flexibility index (Phi) is 7.99. The Balaban J connectivity index is 1.26. The second kappa shape index (κ2) is 12.0. The molecule has 10 heteroatoms. The number of carbonyl (C=O) groups is 1. The maximum atomic E-state index is 13.8. The molecule has 1 amide bonds. The number of H-pyrrole nitrogens is 1. The lowest BCUT2D eigenvalue weighted by atomic mass is 9.89. The van der Waals surface area contributed by atoms with E-state index in [0.717, 1.165) is 37.9 Å². The van der Waals surface area contributed by atoms with Crippen molar-refractivity contribution >= 4 is 11.9 Å². The number of hydrogen-bond acceptors (Lipinski definition) is 7. The lowest BCUT2D eigenvalue weighted by Crippen LogP contribution is -2.51. The highest BCUT2D eigenvalue weighted by molar-refractivity contribution is 5.83. The first-order valence-electron chi connectivity index (χ1n) is 14.4. The van der Waals surface area contributed by atoms with Gasteiger partial charge in [-0.25, -0.2) is 19.3 Å². The zero-order chi connectivity index (χ0) is 29.1. The number of nitrogens with zero attached hydrogens (tertiary/aromatic N) is 4. The zero-order valence-corrected chi connectivity index (χ0v) is 23.8. The van der Waals surface area contributed by atoms with Gasteiger partial charge in [0.05, 0.1) is 41.8 Å². The van der Waals surface area contributed by atoms with Crippen LogP contribution in [-0.4, -0.2) is 57.0 Å². The van der Waals surface area contributed by atoms with Crippen molar-refractivity contribution in [1.29, 1.82) is 0 Å². The Bertz CT molecular complexity index is 1510. The Labute approximate surface area is 244 Å². The second-order valence-corrected chi connectivity index (χ2v) is 11.3. The first-order valence-corrected chi connectivity index (χ1v) is 14.4. The van der Waals surface area contributed by atoms with Gasteiger partial charge in [0.25, 0.3) is 0 Å². The van der Waals surface area contributed by atoms with Crippen LogP contribution in [0.3, 0.4) is 0 Å². The van der Waals surface area contributed by atoms with Crippen molar-refractivity contribution in [3.63, 3.8) is 0 Å². The molecule has 218 valence electrons. The van der Waals surface area contributed by atoms with E-state index in [9.17, 15) is 9.18 Å². The predicted octanol–water partition coefficient (Wildman–Crippen LogP) is 5.91. The van der Waals surface area contributed by atoms with Crippen LogP contribution in [-0.2, 0) is 14.3 Å². The SMILES string of the molecule is CC(Nc1nccc(-c2[nH]c(C3OCC(C)(C(=O)N4CCCCC4)CO3)nc2-c2ccc(F)cc2)n1)c1ccccc1. The molecule has 2 aliphatic rings. The number of benzene rings is 2. The fourth-order valence-electron chi connectivity index (χ4n) is 5.46. The number of aromatic nitrogens is 4. The zero-order valence-electron chi connectivity index (χ0n) is 23.8. The summed E-state index contributed by atoms with van der Waals surface area (Å²) >= 11 is 0. The number of piperidine rings is 1. The molecular weight excluding hydrogens is 535 g/mol. The minimum atomic E-state index is -0.794. The van der Waals surface area contributed by atoms with E-state index >= 15 is 0 Å². The second-order valence-electron chi connectivity index (χ2n) is 11.3. The third kappa shape index (κ3) is 5.91. The summed E-state index contributed by atoms with van der Waals surface area (Å²) in [6.45, 7) is 5.93. The Morgan fingerprint density at radius 2 is 1.74 bits per heavy atom. The molecule has 0 aliphatic carbocycles. The van der Waals surface area contributed by atoms with Crippen LogP contribution >= 0.6 is 0 Å². The van der Waals surface area contributed by atoms with Gasteiger partial charge in [-0.05, 0) is 69.0 Å². The molecule has 42 heavy (non-hydrogen) atoms. The lowest BCUT2D eigenvalue weighted by Gasteiger charge is -2.40. The van der Waals surface area contributed by atoms with Gasteiger partial charge in [0.15, 0.2) is 5.82 Å². The monoisotopic (exact) mass is 570 g/mol. The Hall–Kier alpha value is -4.15. The number of halogens is 1. The molecule has 0 saturated carbocycles. The van der Waals surface area contributed by atoms with Gasteiger partial charge in [-0.15, -0.1) is 0 Å². The molecule has 6 rings (SSSR count). The average Bonchev–Trinajstić information content (AvgIpc) is 3.48. The van der Waals surface area contributed by atoms with Crippen LogP contribution in [0.15, 0.2) is 66.9 Å². The molecule has 4 aromatic rings. The average molecular weight is 571 g/mol. The number of aromatic amines is 1. The van der Waals surface area contributed by atoms with Crippen LogP contribution in [0.5, 0.6) is 0 Å². The minimum Gasteiger partial charge on any atom is -0.348 e. The van der Waals surface area contributed by atoms with E-state index in [2.05, 4.69) is 15.3 Å². The highest BCUT2D eigenvalue weighted by atomic mass is 19.1. The van der Waals surface area contributed by atoms with Gasteiger partial charge in [0, 0.05) is 24.8 Å². The van der Waals surface area contributed by atoms with Crippen LogP contribution < -0.4 is 5.32 Å². The third-order valence-electron chi connectivity index (χ3n) is 7.89. The Morgan fingerprint density at radius 1 is 1.02 bits per heavy atom. The highest BCUT2D eigenvalue weighted by Gasteiger charge is 2.43. The van der Waals surface area contributed by atoms with E-state index in [4.69, 9.17) is 19.4 Å². The quantitative estimate of drug-likeness (QED) is 0.285. The van der Waals surface area contributed by atoms with Crippen LogP contribution in [0, 0.1) is 11.2 Å². The Morgan fingerprint density at radius 3 is 2.45 bits per heavy atom. The summed E-state index contributed by atoms with van der Waals surface area (Å²) in [7, 11) is 0. The largest absolute Gasteiger partial charge is 0.348 e. The van der Waals surface area contributed by atoms with Gasteiger partial charge >= 0.3 is 0 Å². The number of hydrogen-bond donors (Lipinski definition) is 2. The standard InChI is InChI=1S/C32H35FN6O3/c1-21(22-9-5-3-6-10-22)35-31-34-16-15-25(36-31)27-26(23-11-13-24(33)14-12-23)37-28(38-27)29-41-19-32(2,20-42-29)30(40)39-17-7-4-8-18-39/h3,5-6,9-16,21,29H,4,7-8,17-20H2,1-2H3,(H,37,38)(H,34,35,36). The van der Waals surface area contributed by atoms with E-state index in [1.807, 2.05) is 49.1 Å². The molecule has 2 aromatic carbocycles. The van der Waals surface area contributed by atoms with E-state index in [1.54, 1.807) is 24.4 Å². The summed E-state index contributed by atoms with van der Waals surface area (Å²) in [6.07, 6.45) is 4.10. The van der Waals surface area contributed by atoms with Crippen LogP contribution in [0.4, 0.5) is 10.3 Å². The number of anilines is 1. The van der Waals surface area contributed by atoms with Crippen molar-refractivity contribution < 1.29 is 18.7 Å². The number of nitrogens with one attached hydrogen (secondary N) is 2. The first-order chi connectivity index (χ1) is 20.4. The number of rotatable bonds is 7. The van der Waals surface area contributed by atoms with E-state index < -0.39 is 11.7 Å². The van der Waals surface area contributed by atoms with Crippen molar-refractivity contribution in [1.82, 2.24) is 24.8 Å². The molecule has 4 heterocycles. The van der Waals surface area contributed by atoms with Crippen LogP contribution in [0.25, 0.3) is 22.6 Å². The van der Waals surface area contributed by atoms with Gasteiger partial charge < -0.3 is 24.7 Å². The van der Waals surface area contributed by atoms with Crippen LogP contribution in [0.1, 0.15) is 56.8 Å². The molecule has 2 aliphatic heterocycles. The summed E-state index contributed by atoms with van der Waals surface area (Å²) < 4.78 is 26.0. The fourth-order valence-corrected chi connectivity index (χ4v) is 5.46. The minimum absolute atomic E-state index is 0.0126. The number of ether oxygens (including phenoxy) is 2. The topological polar surface area (TPSA) is 105 Å². The first kappa shape index (κ1) is 28.0. The van der Waals surface area contributed by atoms with Gasteiger partial charge in [0.1, 0.15) is 5.82 Å². The molecule has 2 saturated heterocycles. The van der Waals surface area contributed by atoms with Crippen molar-refractivity contribution in [2.24, 2.45) is 5.41 Å². The smallest absolute Gasteiger partial charge is 0.233 e. The van der Waals surface area contributed by atoms with Crippen molar-refractivity contribution in [3.8, 4) is 22.6 Å². The summed E-state index contributed by atoms with van der Waals surface area (Å²) in [5, 5.41) is 3.36. The molecule has 0 radical (unpaired) electrons. The summed E-state index contributed by atoms with van der Waals surface area (Å²) in [4.78, 5) is 32.5. The van der Waals surface area contributed by atoms with Gasteiger partial charge in [-0.2, -0.15) is 0 Å². The number of amides is 1. The van der Waals surface area contributed by atoms with Crippen molar-refractivity contribution in [2.75, 3.05) is 31.6 Å². The molecule has 1 unspecified atom stereocenters. The van der Waals surface area contributed by atoms with Crippen molar-refractivity contribution in [2.45, 2.75) is 45.4 Å². The molecular formula is C32H35FN6O3. The van der Waals surface area contributed by atoms with Crippen molar-refractivity contribution in [3.05, 3.63) is 84.1 Å². The maximum absolute atomic E-state index is 13.8. The highest BCUT2D eigenvalue weighted by Crippen LogP contribution is 2.36. The van der Waals surface area contributed by atoms with E-state index in [1.165, 1.54) is 12.1 Å². The molecule has 1 atom stereocenters. The molecule has 0 bridgehead atoms. The maximum Gasteiger partial charge on any atom is 0.233 e. The van der Waals surface area contributed by atoms with E-state index in [-0.39, 0.29) is 31.0 Å². The summed E-state index contributed by atoms with van der Waals surface area (Å²) in [6, 6.07) is 18.0. The van der Waals surface area contributed by atoms with Crippen LogP contribution in [0.2, 0.25) is 0 Å². The molecule has 2 fully saturated rings. The summed E-state index contributed by atoms with van der Waals surface area (Å²) in [5.74, 6) is 0.638. The van der Waals surface area contributed by atoms with Gasteiger partial charge in [0.2, 0.25) is 18.1 Å². The summed E-state index contributed by atoms with van der Waals surface area (Å²) in [5.41, 5.74) is 2.87. The van der Waals surface area contributed by atoms with Gasteiger partial charge in [-0.1, -0.05) is 30.3 Å². The normalized spacial score (nSPS) is 21.6. The molecule has 0 spiro atoms. The predicted molar refractivity (Wildman–Crippen MR) is 157 cm³/mol.